The molecule has 2 rings (SSSR count). The average molecular weight is 394 g/mol. The maximum atomic E-state index is 12.9. The van der Waals surface area contributed by atoms with Gasteiger partial charge in [0.25, 0.3) is 0 Å². The molecule has 9 heteroatoms. The van der Waals surface area contributed by atoms with E-state index >= 15 is 0 Å². The van der Waals surface area contributed by atoms with Crippen LogP contribution in [0.4, 0.5) is 13.2 Å². The molecular weight excluding hydrogens is 372 g/mol. The summed E-state index contributed by atoms with van der Waals surface area (Å²) in [5.74, 6) is -0.282. The molecule has 0 atom stereocenters. The minimum absolute atomic E-state index is 0.0675. The van der Waals surface area contributed by atoms with E-state index in [4.69, 9.17) is 9.31 Å². The number of carbonyl (C=O) groups excluding carboxylic acids is 1. The lowest BCUT2D eigenvalue weighted by Crippen LogP contribution is -2.41. The van der Waals surface area contributed by atoms with Gasteiger partial charge in [-0.2, -0.15) is 18.4 Å². The normalized spacial score (nSPS) is 18.7. The van der Waals surface area contributed by atoms with Gasteiger partial charge in [-0.25, -0.2) is 0 Å². The maximum absolute atomic E-state index is 12.9. The van der Waals surface area contributed by atoms with Crippen molar-refractivity contribution in [3.8, 4) is 6.07 Å². The molecule has 1 amide bonds. The summed E-state index contributed by atoms with van der Waals surface area (Å²) in [5.41, 5.74) is -1.53. The van der Waals surface area contributed by atoms with Crippen molar-refractivity contribution in [3.05, 3.63) is 40.4 Å². The lowest BCUT2D eigenvalue weighted by atomic mass is 9.76. The molecule has 0 saturated carbocycles. The van der Waals surface area contributed by atoms with Gasteiger partial charge in [0.2, 0.25) is 5.91 Å². The van der Waals surface area contributed by atoms with Crippen LogP contribution in [0.1, 0.15) is 51.3 Å². The fourth-order valence-corrected chi connectivity index (χ4v) is 2.58. The smallest absolute Gasteiger partial charge is 0.400 e. The van der Waals surface area contributed by atoms with E-state index in [1.54, 1.807) is 6.07 Å². The highest BCUT2D eigenvalue weighted by Gasteiger charge is 2.52. The van der Waals surface area contributed by atoms with Crippen LogP contribution >= 0.6 is 0 Å². The standard InChI is InChI=1S/C19H22BF3N2O3/c1-12(26)25-11-16(20-27-17(2,3)18(4,5)28-20)9-13-6-7-15(19(21,22)23)8-14(13)10-24/h6-9H,11H2,1-5H3,(H,25,26). The molecule has 0 unspecified atom stereocenters. The van der Waals surface area contributed by atoms with Gasteiger partial charge in [-0.3, -0.25) is 4.79 Å². The van der Waals surface area contributed by atoms with Crippen LogP contribution in [-0.2, 0) is 20.3 Å². The number of rotatable bonds is 4. The Hall–Kier alpha value is -2.31. The highest BCUT2D eigenvalue weighted by Crippen LogP contribution is 2.39. The minimum atomic E-state index is -4.54. The molecule has 150 valence electrons. The number of hydrogen-bond donors (Lipinski definition) is 1. The quantitative estimate of drug-likeness (QED) is 0.791. The average Bonchev–Trinajstić information content (AvgIpc) is 2.78. The zero-order valence-corrected chi connectivity index (χ0v) is 16.4. The van der Waals surface area contributed by atoms with Crippen molar-refractivity contribution in [2.45, 2.75) is 52.0 Å². The lowest BCUT2D eigenvalue weighted by molar-refractivity contribution is -0.137. The van der Waals surface area contributed by atoms with Gasteiger partial charge in [-0.05, 0) is 50.9 Å². The summed E-state index contributed by atoms with van der Waals surface area (Å²) >= 11 is 0. The first-order valence-electron chi connectivity index (χ1n) is 8.69. The SMILES string of the molecule is CC(=O)NCC(=Cc1ccc(C(F)(F)F)cc1C#N)B1OC(C)(C)C(C)(C)O1. The topological polar surface area (TPSA) is 71.4 Å². The Morgan fingerprint density at radius 2 is 1.82 bits per heavy atom. The molecule has 5 nitrogen and oxygen atoms in total. The molecule has 1 aliphatic rings. The third-order valence-corrected chi connectivity index (χ3v) is 4.94. The number of halogens is 3. The van der Waals surface area contributed by atoms with Crippen LogP contribution < -0.4 is 5.32 Å². The fraction of sp³-hybridized carbons (Fsp3) is 0.474. The fourth-order valence-electron chi connectivity index (χ4n) is 2.58. The van der Waals surface area contributed by atoms with Crippen LogP contribution in [0.15, 0.2) is 23.7 Å². The number of nitriles is 1. The molecule has 0 radical (unpaired) electrons. The van der Waals surface area contributed by atoms with Gasteiger partial charge in [-0.1, -0.05) is 12.1 Å². The van der Waals surface area contributed by atoms with Gasteiger partial charge in [0, 0.05) is 13.5 Å². The van der Waals surface area contributed by atoms with Crippen molar-refractivity contribution in [1.82, 2.24) is 5.32 Å². The predicted octanol–water partition coefficient (Wildman–Crippen LogP) is 3.73. The summed E-state index contributed by atoms with van der Waals surface area (Å²) in [6, 6.07) is 4.72. The number of alkyl halides is 3. The van der Waals surface area contributed by atoms with Gasteiger partial charge < -0.3 is 14.6 Å². The number of carbonyl (C=O) groups is 1. The molecule has 1 saturated heterocycles. The summed E-state index contributed by atoms with van der Waals surface area (Å²) in [4.78, 5) is 11.4. The third kappa shape index (κ3) is 4.75. The lowest BCUT2D eigenvalue weighted by Gasteiger charge is -2.32. The van der Waals surface area contributed by atoms with Gasteiger partial charge >= 0.3 is 13.3 Å². The maximum Gasteiger partial charge on any atom is 0.492 e. The minimum Gasteiger partial charge on any atom is -0.400 e. The first kappa shape index (κ1) is 22.0. The van der Waals surface area contributed by atoms with E-state index < -0.39 is 30.1 Å². The van der Waals surface area contributed by atoms with Gasteiger partial charge in [-0.15, -0.1) is 0 Å². The van der Waals surface area contributed by atoms with Crippen LogP contribution in [0, 0.1) is 11.3 Å². The van der Waals surface area contributed by atoms with E-state index in [-0.39, 0.29) is 23.6 Å². The van der Waals surface area contributed by atoms with Crippen molar-refractivity contribution < 1.29 is 27.3 Å². The number of nitrogens with zero attached hydrogens (tertiary/aromatic N) is 1. The predicted molar refractivity (Wildman–Crippen MR) is 98.9 cm³/mol. The first-order chi connectivity index (χ1) is 12.8. The van der Waals surface area contributed by atoms with Gasteiger partial charge in [0.1, 0.15) is 0 Å². The van der Waals surface area contributed by atoms with Crippen molar-refractivity contribution in [1.29, 1.82) is 5.26 Å². The van der Waals surface area contributed by atoms with Gasteiger partial charge in [0.15, 0.2) is 0 Å². The molecule has 1 fully saturated rings. The molecule has 0 spiro atoms. The Bertz CT molecular complexity index is 826. The Balaban J connectivity index is 2.46. The summed E-state index contributed by atoms with van der Waals surface area (Å²) in [6.07, 6.45) is -3.02. The zero-order chi connectivity index (χ0) is 21.3. The molecule has 28 heavy (non-hydrogen) atoms. The van der Waals surface area contributed by atoms with E-state index in [2.05, 4.69) is 5.32 Å². The largest absolute Gasteiger partial charge is 0.492 e. The van der Waals surface area contributed by atoms with Crippen LogP contribution in [-0.4, -0.2) is 30.8 Å². The van der Waals surface area contributed by atoms with Crippen molar-refractivity contribution in [2.24, 2.45) is 0 Å². The van der Waals surface area contributed by atoms with Crippen LogP contribution in [0.2, 0.25) is 0 Å². The van der Waals surface area contributed by atoms with Crippen molar-refractivity contribution in [2.75, 3.05) is 6.54 Å². The van der Waals surface area contributed by atoms with Crippen LogP contribution in [0.3, 0.4) is 0 Å². The molecule has 1 aromatic carbocycles. The zero-order valence-electron chi connectivity index (χ0n) is 16.4. The third-order valence-electron chi connectivity index (χ3n) is 4.94. The van der Waals surface area contributed by atoms with Gasteiger partial charge in [0.05, 0.1) is 28.4 Å². The molecule has 0 aromatic heterocycles. The van der Waals surface area contributed by atoms with E-state index in [9.17, 15) is 23.2 Å². The first-order valence-corrected chi connectivity index (χ1v) is 8.69. The second-order valence-corrected chi connectivity index (χ2v) is 7.63. The molecule has 0 aliphatic carbocycles. The summed E-state index contributed by atoms with van der Waals surface area (Å²) in [5, 5.41) is 11.9. The molecule has 1 aliphatic heterocycles. The summed E-state index contributed by atoms with van der Waals surface area (Å²) in [6.45, 7) is 8.87. The second kappa shape index (κ2) is 7.61. The number of amides is 1. The van der Waals surface area contributed by atoms with Crippen molar-refractivity contribution >= 4 is 19.1 Å². The van der Waals surface area contributed by atoms with Crippen molar-refractivity contribution in [3.63, 3.8) is 0 Å². The molecular formula is C19H22BF3N2O3. The number of nitrogens with one attached hydrogen (secondary N) is 1. The number of hydrogen-bond acceptors (Lipinski definition) is 4. The molecule has 1 aromatic rings. The van der Waals surface area contributed by atoms with E-state index in [0.717, 1.165) is 12.1 Å². The van der Waals surface area contributed by atoms with E-state index in [0.29, 0.717) is 5.47 Å². The van der Waals surface area contributed by atoms with E-state index in [1.807, 2.05) is 27.7 Å². The molecule has 0 bridgehead atoms. The highest BCUT2D eigenvalue weighted by atomic mass is 19.4. The van der Waals surface area contributed by atoms with Crippen LogP contribution in [0.5, 0.6) is 0 Å². The molecule has 1 heterocycles. The highest BCUT2D eigenvalue weighted by molar-refractivity contribution is 6.56. The number of benzene rings is 1. The summed E-state index contributed by atoms with van der Waals surface area (Å²) in [7, 11) is -0.814. The Morgan fingerprint density at radius 1 is 1.25 bits per heavy atom. The Morgan fingerprint density at radius 3 is 2.29 bits per heavy atom. The second-order valence-electron chi connectivity index (χ2n) is 7.63. The Kier molecular flexibility index (Phi) is 5.97. The monoisotopic (exact) mass is 394 g/mol. The van der Waals surface area contributed by atoms with E-state index in [1.165, 1.54) is 19.1 Å². The Labute approximate surface area is 162 Å². The van der Waals surface area contributed by atoms with Crippen LogP contribution in [0.25, 0.3) is 6.08 Å². The summed E-state index contributed by atoms with van der Waals surface area (Å²) < 4.78 is 50.7. The molecule has 1 N–H and O–H groups in total.